The lowest BCUT2D eigenvalue weighted by atomic mass is 9.81. The highest BCUT2D eigenvalue weighted by Gasteiger charge is 2.31. The van der Waals surface area contributed by atoms with E-state index in [1.807, 2.05) is 13.8 Å². The summed E-state index contributed by atoms with van der Waals surface area (Å²) >= 11 is 0. The van der Waals surface area contributed by atoms with Crippen molar-refractivity contribution in [2.75, 3.05) is 0 Å². The molecule has 13 heavy (non-hydrogen) atoms. The van der Waals surface area contributed by atoms with Gasteiger partial charge in [0.1, 0.15) is 0 Å². The van der Waals surface area contributed by atoms with Crippen LogP contribution in [-0.2, 0) is 0 Å². The molecule has 0 aromatic rings. The molecule has 0 fully saturated rings. The fourth-order valence-corrected chi connectivity index (χ4v) is 1.49. The Labute approximate surface area is 81.3 Å². The van der Waals surface area contributed by atoms with Crippen molar-refractivity contribution in [2.45, 2.75) is 51.7 Å². The van der Waals surface area contributed by atoms with E-state index >= 15 is 0 Å². The summed E-state index contributed by atoms with van der Waals surface area (Å²) in [6.07, 6.45) is 3.27. The van der Waals surface area contributed by atoms with Crippen molar-refractivity contribution in [3.63, 3.8) is 0 Å². The highest BCUT2D eigenvalue weighted by Crippen LogP contribution is 2.28. The van der Waals surface area contributed by atoms with E-state index in [1.54, 1.807) is 13.0 Å². The van der Waals surface area contributed by atoms with Gasteiger partial charge in [-0.1, -0.05) is 19.9 Å². The van der Waals surface area contributed by atoms with E-state index in [4.69, 9.17) is 0 Å². The molecule has 0 saturated carbocycles. The molecule has 0 aliphatic rings. The molecule has 78 valence electrons. The maximum Gasteiger partial charge on any atom is 0.0698 e. The Morgan fingerprint density at radius 2 is 1.92 bits per heavy atom. The smallest absolute Gasteiger partial charge is 0.0698 e. The SMILES string of the molecule is C=CCCC(O)(CC(C)O)C(C)C. The van der Waals surface area contributed by atoms with E-state index in [9.17, 15) is 10.2 Å². The van der Waals surface area contributed by atoms with Gasteiger partial charge in [0.05, 0.1) is 11.7 Å². The van der Waals surface area contributed by atoms with Crippen LogP contribution in [0.4, 0.5) is 0 Å². The lowest BCUT2D eigenvalue weighted by Gasteiger charge is -2.33. The summed E-state index contributed by atoms with van der Waals surface area (Å²) in [5, 5.41) is 19.4. The van der Waals surface area contributed by atoms with Gasteiger partial charge in [-0.05, 0) is 25.7 Å². The fourth-order valence-electron chi connectivity index (χ4n) is 1.49. The Morgan fingerprint density at radius 3 is 2.23 bits per heavy atom. The van der Waals surface area contributed by atoms with E-state index in [0.717, 1.165) is 6.42 Å². The van der Waals surface area contributed by atoms with Gasteiger partial charge in [0, 0.05) is 6.42 Å². The zero-order valence-electron chi connectivity index (χ0n) is 8.95. The lowest BCUT2D eigenvalue weighted by molar-refractivity contribution is -0.0478. The summed E-state index contributed by atoms with van der Waals surface area (Å²) in [4.78, 5) is 0. The summed E-state index contributed by atoms with van der Waals surface area (Å²) in [5.41, 5.74) is -0.748. The first-order valence-corrected chi connectivity index (χ1v) is 4.93. The van der Waals surface area contributed by atoms with Crippen LogP contribution in [0, 0.1) is 5.92 Å². The first-order valence-electron chi connectivity index (χ1n) is 4.93. The molecule has 0 rings (SSSR count). The van der Waals surface area contributed by atoms with Crippen LogP contribution in [0.1, 0.15) is 40.0 Å². The standard InChI is InChI=1S/C11H22O2/c1-5-6-7-11(13,9(2)3)8-10(4)12/h5,9-10,12-13H,1,6-8H2,2-4H3. The minimum Gasteiger partial charge on any atom is -0.393 e. The number of hydrogen-bond acceptors (Lipinski definition) is 2. The van der Waals surface area contributed by atoms with Crippen molar-refractivity contribution in [1.29, 1.82) is 0 Å². The zero-order valence-corrected chi connectivity index (χ0v) is 8.95. The van der Waals surface area contributed by atoms with Crippen molar-refractivity contribution >= 4 is 0 Å². The molecular formula is C11H22O2. The molecule has 0 aromatic heterocycles. The van der Waals surface area contributed by atoms with Crippen molar-refractivity contribution in [3.8, 4) is 0 Å². The molecular weight excluding hydrogens is 164 g/mol. The molecule has 0 aromatic carbocycles. The second-order valence-corrected chi connectivity index (χ2v) is 4.14. The maximum atomic E-state index is 10.2. The first-order chi connectivity index (χ1) is 5.92. The molecule has 0 radical (unpaired) electrons. The maximum absolute atomic E-state index is 10.2. The number of aliphatic hydroxyl groups is 2. The van der Waals surface area contributed by atoms with Gasteiger partial charge in [-0.3, -0.25) is 0 Å². The van der Waals surface area contributed by atoms with E-state index in [-0.39, 0.29) is 5.92 Å². The first kappa shape index (κ1) is 12.7. The summed E-state index contributed by atoms with van der Waals surface area (Å²) in [7, 11) is 0. The van der Waals surface area contributed by atoms with Crippen LogP contribution >= 0.6 is 0 Å². The van der Waals surface area contributed by atoms with E-state index in [2.05, 4.69) is 6.58 Å². The van der Waals surface area contributed by atoms with Crippen LogP contribution in [0.15, 0.2) is 12.7 Å². The van der Waals surface area contributed by atoms with Gasteiger partial charge >= 0.3 is 0 Å². The van der Waals surface area contributed by atoms with E-state index in [0.29, 0.717) is 12.8 Å². The summed E-state index contributed by atoms with van der Waals surface area (Å²) < 4.78 is 0. The zero-order chi connectivity index (χ0) is 10.5. The van der Waals surface area contributed by atoms with Crippen LogP contribution < -0.4 is 0 Å². The summed E-state index contributed by atoms with van der Waals surface area (Å²) in [5.74, 6) is 0.169. The number of hydrogen-bond donors (Lipinski definition) is 2. The molecule has 0 amide bonds. The Hall–Kier alpha value is -0.340. The average molecular weight is 186 g/mol. The highest BCUT2D eigenvalue weighted by atomic mass is 16.3. The van der Waals surface area contributed by atoms with Crippen LogP contribution in [0.3, 0.4) is 0 Å². The van der Waals surface area contributed by atoms with Gasteiger partial charge in [-0.2, -0.15) is 0 Å². The molecule has 0 aliphatic carbocycles. The third kappa shape index (κ3) is 4.44. The van der Waals surface area contributed by atoms with Crippen LogP contribution in [-0.4, -0.2) is 21.9 Å². The monoisotopic (exact) mass is 186 g/mol. The topological polar surface area (TPSA) is 40.5 Å². The van der Waals surface area contributed by atoms with Gasteiger partial charge < -0.3 is 10.2 Å². The van der Waals surface area contributed by atoms with Gasteiger partial charge in [-0.15, -0.1) is 6.58 Å². The second-order valence-electron chi connectivity index (χ2n) is 4.14. The number of rotatable bonds is 6. The fraction of sp³-hybridized carbons (Fsp3) is 0.818. The van der Waals surface area contributed by atoms with Crippen molar-refractivity contribution in [3.05, 3.63) is 12.7 Å². The average Bonchev–Trinajstić information content (AvgIpc) is 1.99. The molecule has 2 unspecified atom stereocenters. The van der Waals surface area contributed by atoms with Crippen molar-refractivity contribution in [1.82, 2.24) is 0 Å². The van der Waals surface area contributed by atoms with Gasteiger partial charge in [0.2, 0.25) is 0 Å². The Kier molecular flexibility index (Phi) is 5.26. The Morgan fingerprint density at radius 1 is 1.38 bits per heavy atom. The summed E-state index contributed by atoms with van der Waals surface area (Å²) in [6, 6.07) is 0. The van der Waals surface area contributed by atoms with Crippen molar-refractivity contribution < 1.29 is 10.2 Å². The van der Waals surface area contributed by atoms with E-state index in [1.165, 1.54) is 0 Å². The normalized spacial score (nSPS) is 18.3. The minimum atomic E-state index is -0.748. The highest BCUT2D eigenvalue weighted by molar-refractivity contribution is 4.86. The lowest BCUT2D eigenvalue weighted by Crippen LogP contribution is -2.38. The predicted octanol–water partition coefficient (Wildman–Crippen LogP) is 2.11. The summed E-state index contributed by atoms with van der Waals surface area (Å²) in [6.45, 7) is 9.29. The van der Waals surface area contributed by atoms with E-state index < -0.39 is 11.7 Å². The number of allylic oxidation sites excluding steroid dienone is 1. The van der Waals surface area contributed by atoms with Crippen LogP contribution in [0.25, 0.3) is 0 Å². The quantitative estimate of drug-likeness (QED) is 0.624. The third-order valence-electron chi connectivity index (χ3n) is 2.50. The van der Waals surface area contributed by atoms with Crippen LogP contribution in [0.2, 0.25) is 0 Å². The molecule has 2 heteroatoms. The molecule has 0 spiro atoms. The molecule has 2 N–H and O–H groups in total. The third-order valence-corrected chi connectivity index (χ3v) is 2.50. The Balaban J connectivity index is 4.24. The predicted molar refractivity (Wildman–Crippen MR) is 55.5 cm³/mol. The van der Waals surface area contributed by atoms with Gasteiger partial charge in [0.15, 0.2) is 0 Å². The van der Waals surface area contributed by atoms with Gasteiger partial charge in [0.25, 0.3) is 0 Å². The van der Waals surface area contributed by atoms with Gasteiger partial charge in [-0.25, -0.2) is 0 Å². The largest absolute Gasteiger partial charge is 0.393 e. The molecule has 0 saturated heterocycles. The molecule has 0 bridgehead atoms. The molecule has 2 nitrogen and oxygen atoms in total. The minimum absolute atomic E-state index is 0.169. The Bertz CT molecular complexity index is 152. The molecule has 2 atom stereocenters. The second kappa shape index (κ2) is 5.40. The van der Waals surface area contributed by atoms with Crippen LogP contribution in [0.5, 0.6) is 0 Å². The molecule has 0 aliphatic heterocycles. The number of aliphatic hydroxyl groups excluding tert-OH is 1. The van der Waals surface area contributed by atoms with Crippen molar-refractivity contribution in [2.24, 2.45) is 5.92 Å². The molecule has 0 heterocycles.